The molecule has 0 fully saturated rings. The molecule has 1 atom stereocenters. The maximum Gasteiger partial charge on any atom is 0.328 e. The van der Waals surface area contributed by atoms with Gasteiger partial charge in [-0.05, 0) is 24.5 Å². The maximum atomic E-state index is 12.1. The average Bonchev–Trinajstić information content (AvgIpc) is 2.37. The third-order valence-corrected chi connectivity index (χ3v) is 2.89. The first kappa shape index (κ1) is 15.0. The van der Waals surface area contributed by atoms with Gasteiger partial charge in [-0.3, -0.25) is 4.79 Å². The quantitative estimate of drug-likeness (QED) is 0.811. The Hall–Kier alpha value is -2.04. The third kappa shape index (κ3) is 3.47. The number of benzene rings is 1. The van der Waals surface area contributed by atoms with Crippen molar-refractivity contribution in [1.82, 2.24) is 5.32 Å². The molecule has 0 aliphatic heterocycles. The molecule has 0 aromatic heterocycles. The molecule has 104 valence electrons. The van der Waals surface area contributed by atoms with Crippen molar-refractivity contribution in [3.8, 4) is 5.75 Å². The van der Waals surface area contributed by atoms with Crippen LogP contribution < -0.4 is 5.32 Å². The summed E-state index contributed by atoms with van der Waals surface area (Å²) < 4.78 is 4.65. The van der Waals surface area contributed by atoms with E-state index in [2.05, 4.69) is 10.1 Å². The van der Waals surface area contributed by atoms with Gasteiger partial charge in [-0.15, -0.1) is 0 Å². The number of ether oxygens (including phenoxy) is 1. The Kier molecular flexibility index (Phi) is 4.92. The molecule has 0 spiro atoms. The van der Waals surface area contributed by atoms with Crippen molar-refractivity contribution in [2.75, 3.05) is 7.11 Å². The zero-order valence-electron chi connectivity index (χ0n) is 11.6. The van der Waals surface area contributed by atoms with E-state index in [0.29, 0.717) is 5.56 Å². The van der Waals surface area contributed by atoms with Gasteiger partial charge >= 0.3 is 5.97 Å². The number of para-hydroxylation sites is 1. The normalized spacial score (nSPS) is 12.1. The molecule has 5 nitrogen and oxygen atoms in total. The van der Waals surface area contributed by atoms with Crippen LogP contribution in [0.4, 0.5) is 0 Å². The van der Waals surface area contributed by atoms with Crippen molar-refractivity contribution >= 4 is 11.9 Å². The Balaban J connectivity index is 2.94. The van der Waals surface area contributed by atoms with E-state index < -0.39 is 17.9 Å². The SMILES string of the molecule is COC(=O)C(NC(=O)c1cccc(C)c1O)C(C)C. The number of carbonyl (C=O) groups is 2. The van der Waals surface area contributed by atoms with Crippen LogP contribution in [-0.2, 0) is 9.53 Å². The van der Waals surface area contributed by atoms with Crippen LogP contribution in [-0.4, -0.2) is 30.1 Å². The lowest BCUT2D eigenvalue weighted by atomic mass is 10.0. The van der Waals surface area contributed by atoms with Gasteiger partial charge in [0.25, 0.3) is 5.91 Å². The molecular formula is C14H19NO4. The minimum absolute atomic E-state index is 0.0765. The molecule has 19 heavy (non-hydrogen) atoms. The lowest BCUT2D eigenvalue weighted by Gasteiger charge is -2.20. The van der Waals surface area contributed by atoms with E-state index in [-0.39, 0.29) is 17.2 Å². The first-order valence-corrected chi connectivity index (χ1v) is 6.05. The van der Waals surface area contributed by atoms with Gasteiger partial charge in [0.1, 0.15) is 11.8 Å². The van der Waals surface area contributed by atoms with E-state index >= 15 is 0 Å². The van der Waals surface area contributed by atoms with Gasteiger partial charge < -0.3 is 15.2 Å². The fourth-order valence-electron chi connectivity index (χ4n) is 1.69. The summed E-state index contributed by atoms with van der Waals surface area (Å²) in [7, 11) is 1.27. The Morgan fingerprint density at radius 3 is 2.47 bits per heavy atom. The number of phenolic OH excluding ortho intramolecular Hbond substituents is 1. The van der Waals surface area contributed by atoms with Crippen molar-refractivity contribution in [1.29, 1.82) is 0 Å². The highest BCUT2D eigenvalue weighted by atomic mass is 16.5. The number of hydrogen-bond donors (Lipinski definition) is 2. The molecule has 1 aromatic rings. The van der Waals surface area contributed by atoms with E-state index in [1.165, 1.54) is 13.2 Å². The summed E-state index contributed by atoms with van der Waals surface area (Å²) in [5, 5.41) is 12.4. The summed E-state index contributed by atoms with van der Waals surface area (Å²) in [5.41, 5.74) is 0.751. The minimum Gasteiger partial charge on any atom is -0.507 e. The molecule has 1 unspecified atom stereocenters. The van der Waals surface area contributed by atoms with Crippen molar-refractivity contribution in [2.45, 2.75) is 26.8 Å². The summed E-state index contributed by atoms with van der Waals surface area (Å²) in [5.74, 6) is -1.18. The molecule has 0 aliphatic rings. The molecule has 0 bridgehead atoms. The maximum absolute atomic E-state index is 12.1. The number of amides is 1. The lowest BCUT2D eigenvalue weighted by Crippen LogP contribution is -2.45. The van der Waals surface area contributed by atoms with Crippen LogP contribution >= 0.6 is 0 Å². The third-order valence-electron chi connectivity index (χ3n) is 2.89. The molecule has 0 heterocycles. The number of phenols is 1. The standard InChI is InChI=1S/C14H19NO4/c1-8(2)11(14(18)19-4)15-13(17)10-7-5-6-9(3)12(10)16/h5-8,11,16H,1-4H3,(H,15,17). The average molecular weight is 265 g/mol. The second-order valence-corrected chi connectivity index (χ2v) is 4.69. The summed E-state index contributed by atoms with van der Waals surface area (Å²) in [6, 6.07) is 4.14. The minimum atomic E-state index is -0.739. The lowest BCUT2D eigenvalue weighted by molar-refractivity contribution is -0.144. The second kappa shape index (κ2) is 6.22. The number of esters is 1. The number of hydrogen-bond acceptors (Lipinski definition) is 4. The van der Waals surface area contributed by atoms with Gasteiger partial charge in [-0.1, -0.05) is 26.0 Å². The Labute approximate surface area is 112 Å². The van der Waals surface area contributed by atoms with Gasteiger partial charge in [-0.25, -0.2) is 4.79 Å². The van der Waals surface area contributed by atoms with E-state index in [4.69, 9.17) is 0 Å². The van der Waals surface area contributed by atoms with Crippen molar-refractivity contribution in [3.63, 3.8) is 0 Å². The van der Waals surface area contributed by atoms with Crippen LogP contribution in [0.25, 0.3) is 0 Å². The molecule has 0 saturated heterocycles. The van der Waals surface area contributed by atoms with Crippen molar-refractivity contribution < 1.29 is 19.4 Å². The fourth-order valence-corrected chi connectivity index (χ4v) is 1.69. The van der Waals surface area contributed by atoms with E-state index in [0.717, 1.165) is 0 Å². The number of methoxy groups -OCH3 is 1. The Bertz CT molecular complexity index is 482. The highest BCUT2D eigenvalue weighted by Gasteiger charge is 2.26. The predicted octanol–water partition coefficient (Wildman–Crippen LogP) is 1.63. The molecule has 0 radical (unpaired) electrons. The monoisotopic (exact) mass is 265 g/mol. The van der Waals surface area contributed by atoms with Crippen LogP contribution in [0.5, 0.6) is 5.75 Å². The molecule has 1 amide bonds. The van der Waals surface area contributed by atoms with Crippen LogP contribution in [0.2, 0.25) is 0 Å². The van der Waals surface area contributed by atoms with Crippen LogP contribution in [0.15, 0.2) is 18.2 Å². The zero-order chi connectivity index (χ0) is 14.6. The number of aromatic hydroxyl groups is 1. The largest absolute Gasteiger partial charge is 0.507 e. The van der Waals surface area contributed by atoms with Crippen molar-refractivity contribution in [3.05, 3.63) is 29.3 Å². The highest BCUT2D eigenvalue weighted by molar-refractivity contribution is 5.99. The highest BCUT2D eigenvalue weighted by Crippen LogP contribution is 2.21. The number of aryl methyl sites for hydroxylation is 1. The predicted molar refractivity (Wildman–Crippen MR) is 71.0 cm³/mol. The Morgan fingerprint density at radius 1 is 1.32 bits per heavy atom. The molecular weight excluding hydrogens is 246 g/mol. The summed E-state index contributed by atoms with van der Waals surface area (Å²) in [6.07, 6.45) is 0. The Morgan fingerprint density at radius 2 is 1.95 bits per heavy atom. The summed E-state index contributed by atoms with van der Waals surface area (Å²) >= 11 is 0. The fraction of sp³-hybridized carbons (Fsp3) is 0.429. The topological polar surface area (TPSA) is 75.6 Å². The first-order chi connectivity index (χ1) is 8.88. The molecule has 2 N–H and O–H groups in total. The first-order valence-electron chi connectivity index (χ1n) is 6.05. The second-order valence-electron chi connectivity index (χ2n) is 4.69. The van der Waals surface area contributed by atoms with E-state index in [9.17, 15) is 14.7 Å². The molecule has 0 aliphatic carbocycles. The van der Waals surface area contributed by atoms with Gasteiger partial charge in [-0.2, -0.15) is 0 Å². The molecule has 5 heteroatoms. The molecule has 1 aromatic carbocycles. The van der Waals surface area contributed by atoms with Crippen LogP contribution in [0.3, 0.4) is 0 Å². The molecule has 1 rings (SSSR count). The van der Waals surface area contributed by atoms with E-state index in [1.807, 2.05) is 0 Å². The number of rotatable bonds is 4. The van der Waals surface area contributed by atoms with E-state index in [1.54, 1.807) is 32.9 Å². The van der Waals surface area contributed by atoms with Crippen molar-refractivity contribution in [2.24, 2.45) is 5.92 Å². The van der Waals surface area contributed by atoms with Crippen LogP contribution in [0, 0.1) is 12.8 Å². The van der Waals surface area contributed by atoms with Gasteiger partial charge in [0.2, 0.25) is 0 Å². The van der Waals surface area contributed by atoms with Crippen LogP contribution in [0.1, 0.15) is 29.8 Å². The van der Waals surface area contributed by atoms with Gasteiger partial charge in [0.05, 0.1) is 12.7 Å². The van der Waals surface area contributed by atoms with Gasteiger partial charge in [0, 0.05) is 0 Å². The molecule has 0 saturated carbocycles. The number of nitrogens with one attached hydrogen (secondary N) is 1. The van der Waals surface area contributed by atoms with Gasteiger partial charge in [0.15, 0.2) is 0 Å². The zero-order valence-corrected chi connectivity index (χ0v) is 11.6. The summed E-state index contributed by atoms with van der Waals surface area (Å²) in [6.45, 7) is 5.31. The summed E-state index contributed by atoms with van der Waals surface area (Å²) in [4.78, 5) is 23.6. The number of carbonyl (C=O) groups excluding carboxylic acids is 2. The smallest absolute Gasteiger partial charge is 0.328 e.